The monoisotopic (exact) mass is 405 g/mol. The van der Waals surface area contributed by atoms with Crippen molar-refractivity contribution < 1.29 is 9.53 Å². The van der Waals surface area contributed by atoms with E-state index < -0.39 is 0 Å². The average molecular weight is 405 g/mol. The zero-order chi connectivity index (χ0) is 21.4. The Labute approximate surface area is 176 Å². The van der Waals surface area contributed by atoms with Crippen LogP contribution in [0.15, 0.2) is 47.3 Å². The number of hydrogen-bond acceptors (Lipinski definition) is 5. The van der Waals surface area contributed by atoms with Crippen molar-refractivity contribution >= 4 is 16.6 Å². The lowest BCUT2D eigenvalue weighted by Gasteiger charge is -2.17. The first-order valence-corrected chi connectivity index (χ1v) is 10.2. The Bertz CT molecular complexity index is 1180. The van der Waals surface area contributed by atoms with E-state index in [1.54, 1.807) is 10.6 Å². The van der Waals surface area contributed by atoms with Crippen molar-refractivity contribution in [1.29, 1.82) is 0 Å². The first-order valence-electron chi connectivity index (χ1n) is 10.2. The molecule has 0 unspecified atom stereocenters. The van der Waals surface area contributed by atoms with Crippen LogP contribution in [-0.2, 0) is 6.54 Å². The van der Waals surface area contributed by atoms with Crippen LogP contribution in [0.3, 0.4) is 0 Å². The number of ketones is 1. The maximum atomic E-state index is 13.4. The van der Waals surface area contributed by atoms with Crippen LogP contribution in [0.4, 0.5) is 0 Å². The number of carbonyl (C=O) groups excluding carboxylic acids is 1. The molecule has 6 nitrogen and oxygen atoms in total. The molecular formula is C24H27N3O3. The molecule has 0 radical (unpaired) electrons. The van der Waals surface area contributed by atoms with Crippen LogP contribution in [0.5, 0.6) is 5.75 Å². The smallest absolute Gasteiger partial charge is 0.258 e. The Balaban J connectivity index is 1.85. The van der Waals surface area contributed by atoms with Crippen molar-refractivity contribution in [2.45, 2.75) is 6.54 Å². The number of hydrogen-bond donors (Lipinski definition) is 0. The molecule has 0 N–H and O–H groups in total. The summed E-state index contributed by atoms with van der Waals surface area (Å²) in [6.45, 7) is 2.57. The van der Waals surface area contributed by atoms with Gasteiger partial charge in [-0.05, 0) is 52.5 Å². The van der Waals surface area contributed by atoms with Gasteiger partial charge in [0.25, 0.3) is 5.56 Å². The van der Waals surface area contributed by atoms with Crippen molar-refractivity contribution in [3.8, 4) is 17.0 Å². The zero-order valence-corrected chi connectivity index (χ0v) is 17.9. The van der Waals surface area contributed by atoms with E-state index in [4.69, 9.17) is 4.74 Å². The van der Waals surface area contributed by atoms with E-state index in [0.717, 1.165) is 23.2 Å². The van der Waals surface area contributed by atoms with Gasteiger partial charge in [-0.25, -0.2) is 0 Å². The fourth-order valence-corrected chi connectivity index (χ4v) is 3.91. The van der Waals surface area contributed by atoms with Gasteiger partial charge in [0.1, 0.15) is 12.4 Å². The molecule has 0 spiro atoms. The van der Waals surface area contributed by atoms with Gasteiger partial charge in [-0.15, -0.1) is 0 Å². The predicted molar refractivity (Wildman–Crippen MR) is 120 cm³/mol. The fraction of sp³-hybridized carbons (Fsp3) is 0.333. The van der Waals surface area contributed by atoms with Crippen LogP contribution >= 0.6 is 0 Å². The van der Waals surface area contributed by atoms with Crippen molar-refractivity contribution in [3.63, 3.8) is 0 Å². The summed E-state index contributed by atoms with van der Waals surface area (Å²) in [4.78, 5) is 30.8. The van der Waals surface area contributed by atoms with Crippen LogP contribution in [0, 0.1) is 0 Å². The van der Waals surface area contributed by atoms with Gasteiger partial charge in [0.2, 0.25) is 0 Å². The van der Waals surface area contributed by atoms with Gasteiger partial charge in [0.05, 0.1) is 11.3 Å². The summed E-state index contributed by atoms with van der Waals surface area (Å²) >= 11 is 0. The molecule has 0 fully saturated rings. The molecule has 6 heteroatoms. The minimum Gasteiger partial charge on any atom is -0.492 e. The van der Waals surface area contributed by atoms with Crippen molar-refractivity contribution in [2.75, 3.05) is 47.9 Å². The molecule has 3 aromatic rings. The Morgan fingerprint density at radius 2 is 1.57 bits per heavy atom. The van der Waals surface area contributed by atoms with E-state index in [1.165, 1.54) is 0 Å². The third-order valence-electron chi connectivity index (χ3n) is 5.47. The maximum Gasteiger partial charge on any atom is 0.258 e. The molecule has 1 aliphatic rings. The van der Waals surface area contributed by atoms with E-state index in [9.17, 15) is 9.59 Å². The summed E-state index contributed by atoms with van der Waals surface area (Å²) in [7, 11) is 7.93. The summed E-state index contributed by atoms with van der Waals surface area (Å²) in [5.74, 6) is 0.621. The standard InChI is InChI=1S/C24H27N3O3/c1-25(2)11-12-27-22-18-10-9-16(30-14-13-26(3)4)15-20(18)23(28)21(22)17-7-5-6-8-19(17)24(27)29/h5-10,15H,11-14H2,1-4H3. The largest absolute Gasteiger partial charge is 0.492 e. The molecule has 2 aromatic carbocycles. The molecular weight excluding hydrogens is 378 g/mol. The second kappa shape index (κ2) is 8.05. The average Bonchev–Trinajstić information content (AvgIpc) is 3.00. The number of likely N-dealkylation sites (N-methyl/N-ethyl adjacent to an activating group) is 2. The molecule has 0 saturated carbocycles. The second-order valence-electron chi connectivity index (χ2n) is 8.22. The molecule has 0 saturated heterocycles. The number of aromatic nitrogens is 1. The normalized spacial score (nSPS) is 12.7. The Morgan fingerprint density at radius 3 is 2.27 bits per heavy atom. The Hall–Kier alpha value is -2.96. The summed E-state index contributed by atoms with van der Waals surface area (Å²) in [5, 5.41) is 1.30. The molecule has 0 bridgehead atoms. The number of pyridine rings is 1. The van der Waals surface area contributed by atoms with Gasteiger partial charge >= 0.3 is 0 Å². The van der Waals surface area contributed by atoms with E-state index in [2.05, 4.69) is 0 Å². The molecule has 0 atom stereocenters. The zero-order valence-electron chi connectivity index (χ0n) is 17.9. The molecule has 0 aliphatic heterocycles. The number of benzene rings is 2. The van der Waals surface area contributed by atoms with Gasteiger partial charge in [-0.1, -0.05) is 18.2 Å². The molecule has 4 rings (SSSR count). The van der Waals surface area contributed by atoms with E-state index in [0.29, 0.717) is 42.0 Å². The van der Waals surface area contributed by atoms with Gasteiger partial charge in [0, 0.05) is 41.5 Å². The lowest BCUT2D eigenvalue weighted by atomic mass is 10.0. The third-order valence-corrected chi connectivity index (χ3v) is 5.47. The summed E-state index contributed by atoms with van der Waals surface area (Å²) < 4.78 is 7.60. The molecule has 1 heterocycles. The summed E-state index contributed by atoms with van der Waals surface area (Å²) in [5.41, 5.74) is 2.68. The Kier molecular flexibility index (Phi) is 5.45. The summed E-state index contributed by atoms with van der Waals surface area (Å²) in [6, 6.07) is 13.0. The number of carbonyl (C=O) groups is 1. The quantitative estimate of drug-likeness (QED) is 0.473. The van der Waals surface area contributed by atoms with Gasteiger partial charge < -0.3 is 19.1 Å². The summed E-state index contributed by atoms with van der Waals surface area (Å²) in [6.07, 6.45) is 0. The van der Waals surface area contributed by atoms with Crippen LogP contribution in [0.2, 0.25) is 0 Å². The highest BCUT2D eigenvalue weighted by Gasteiger charge is 2.33. The Morgan fingerprint density at radius 1 is 0.867 bits per heavy atom. The first kappa shape index (κ1) is 20.3. The number of fused-ring (bicyclic) bond motifs is 5. The van der Waals surface area contributed by atoms with E-state index >= 15 is 0 Å². The minimum absolute atomic E-state index is 0.0483. The van der Waals surface area contributed by atoms with Crippen molar-refractivity contribution in [1.82, 2.24) is 14.4 Å². The molecule has 0 amide bonds. The second-order valence-corrected chi connectivity index (χ2v) is 8.22. The van der Waals surface area contributed by atoms with Crippen LogP contribution < -0.4 is 10.3 Å². The first-order chi connectivity index (χ1) is 14.4. The van der Waals surface area contributed by atoms with Crippen LogP contribution in [0.25, 0.3) is 22.0 Å². The number of rotatable bonds is 7. The minimum atomic E-state index is -0.0573. The fourth-order valence-electron chi connectivity index (χ4n) is 3.91. The third kappa shape index (κ3) is 3.53. The number of nitrogens with zero attached hydrogens (tertiary/aromatic N) is 3. The molecule has 156 valence electrons. The van der Waals surface area contributed by atoms with Crippen LogP contribution in [-0.4, -0.2) is 68.0 Å². The highest BCUT2D eigenvalue weighted by Crippen LogP contribution is 2.40. The number of ether oxygens (including phenoxy) is 1. The predicted octanol–water partition coefficient (Wildman–Crippen LogP) is 2.71. The highest BCUT2D eigenvalue weighted by molar-refractivity contribution is 6.26. The topological polar surface area (TPSA) is 54.8 Å². The molecule has 1 aromatic heterocycles. The van der Waals surface area contributed by atoms with E-state index in [-0.39, 0.29) is 11.3 Å². The van der Waals surface area contributed by atoms with E-state index in [1.807, 2.05) is 74.4 Å². The molecule has 1 aliphatic carbocycles. The highest BCUT2D eigenvalue weighted by atomic mass is 16.5. The van der Waals surface area contributed by atoms with Crippen molar-refractivity contribution in [3.05, 3.63) is 63.9 Å². The molecule has 30 heavy (non-hydrogen) atoms. The van der Waals surface area contributed by atoms with Gasteiger partial charge in [0.15, 0.2) is 5.78 Å². The van der Waals surface area contributed by atoms with Crippen molar-refractivity contribution in [2.24, 2.45) is 0 Å². The van der Waals surface area contributed by atoms with Gasteiger partial charge in [-0.2, -0.15) is 0 Å². The van der Waals surface area contributed by atoms with Crippen LogP contribution in [0.1, 0.15) is 15.9 Å². The maximum absolute atomic E-state index is 13.4. The SMILES string of the molecule is CN(C)CCOc1ccc2c(c1)C(=O)c1c-2n(CCN(C)C)c(=O)c2ccccc12. The lowest BCUT2D eigenvalue weighted by Crippen LogP contribution is -2.28. The lowest BCUT2D eigenvalue weighted by molar-refractivity contribution is 0.104. The van der Waals surface area contributed by atoms with Gasteiger partial charge in [-0.3, -0.25) is 9.59 Å².